The van der Waals surface area contributed by atoms with Crippen LogP contribution in [0.25, 0.3) is 6.08 Å². The van der Waals surface area contributed by atoms with E-state index in [0.717, 1.165) is 11.1 Å². The van der Waals surface area contributed by atoms with Gasteiger partial charge in [0.1, 0.15) is 0 Å². The topological polar surface area (TPSA) is 20.2 Å². The van der Waals surface area contributed by atoms with Crippen molar-refractivity contribution in [1.29, 1.82) is 0 Å². The molecule has 76 valence electrons. The summed E-state index contributed by atoms with van der Waals surface area (Å²) in [5.41, 5.74) is 2.16. The molecule has 1 heteroatoms. The molecule has 0 fully saturated rings. The van der Waals surface area contributed by atoms with Gasteiger partial charge in [0.2, 0.25) is 0 Å². The molecule has 0 spiro atoms. The third-order valence-corrected chi connectivity index (χ3v) is 2.29. The predicted octanol–water partition coefficient (Wildman–Crippen LogP) is 3.11. The van der Waals surface area contributed by atoms with Gasteiger partial charge in [-0.05, 0) is 24.0 Å². The summed E-state index contributed by atoms with van der Waals surface area (Å²) in [6.45, 7) is 6.01. The van der Waals surface area contributed by atoms with Crippen molar-refractivity contribution in [2.24, 2.45) is 5.92 Å². The van der Waals surface area contributed by atoms with Crippen LogP contribution in [0.15, 0.2) is 35.9 Å². The molecule has 1 aromatic rings. The van der Waals surface area contributed by atoms with E-state index in [2.05, 4.69) is 0 Å². The van der Waals surface area contributed by atoms with Crippen molar-refractivity contribution in [2.45, 2.75) is 26.9 Å². The van der Waals surface area contributed by atoms with E-state index in [1.807, 2.05) is 57.2 Å². The minimum absolute atomic E-state index is 0.273. The first kappa shape index (κ1) is 11.0. The molecule has 0 bridgehead atoms. The van der Waals surface area contributed by atoms with Gasteiger partial charge in [0.05, 0.1) is 6.10 Å². The zero-order valence-electron chi connectivity index (χ0n) is 9.07. The fraction of sp³-hybridized carbons (Fsp3) is 0.385. The van der Waals surface area contributed by atoms with Gasteiger partial charge in [0, 0.05) is 0 Å². The van der Waals surface area contributed by atoms with Crippen LogP contribution in [0.4, 0.5) is 0 Å². The average Bonchev–Trinajstić information content (AvgIpc) is 2.18. The first-order valence-electron chi connectivity index (χ1n) is 5.02. The summed E-state index contributed by atoms with van der Waals surface area (Å²) in [5, 5.41) is 9.79. The number of benzene rings is 1. The molecule has 1 aromatic carbocycles. The van der Waals surface area contributed by atoms with E-state index in [0.29, 0.717) is 0 Å². The Kier molecular flexibility index (Phi) is 3.90. The van der Waals surface area contributed by atoms with Crippen molar-refractivity contribution in [3.8, 4) is 0 Å². The Morgan fingerprint density at radius 2 is 1.79 bits per heavy atom. The van der Waals surface area contributed by atoms with Gasteiger partial charge >= 0.3 is 0 Å². The van der Waals surface area contributed by atoms with Crippen LogP contribution >= 0.6 is 0 Å². The Morgan fingerprint density at radius 1 is 1.21 bits per heavy atom. The Balaban J connectivity index is 2.79. The molecule has 0 heterocycles. The van der Waals surface area contributed by atoms with E-state index >= 15 is 0 Å². The number of rotatable bonds is 3. The maximum atomic E-state index is 9.79. The van der Waals surface area contributed by atoms with Crippen molar-refractivity contribution in [3.63, 3.8) is 0 Å². The van der Waals surface area contributed by atoms with Gasteiger partial charge in [-0.25, -0.2) is 0 Å². The number of hydrogen-bond acceptors (Lipinski definition) is 1. The zero-order chi connectivity index (χ0) is 10.6. The fourth-order valence-corrected chi connectivity index (χ4v) is 1.42. The molecule has 0 aromatic heterocycles. The molecule has 1 unspecified atom stereocenters. The molecule has 0 saturated carbocycles. The van der Waals surface area contributed by atoms with Gasteiger partial charge in [-0.15, -0.1) is 0 Å². The van der Waals surface area contributed by atoms with Crippen LogP contribution in [0.2, 0.25) is 0 Å². The molecule has 1 N–H and O–H groups in total. The Labute approximate surface area is 86.1 Å². The second-order valence-electron chi connectivity index (χ2n) is 3.99. The summed E-state index contributed by atoms with van der Waals surface area (Å²) in [6, 6.07) is 10.1. The lowest BCUT2D eigenvalue weighted by molar-refractivity contribution is 0.161. The van der Waals surface area contributed by atoms with E-state index in [4.69, 9.17) is 0 Å². The Hall–Kier alpha value is -1.08. The van der Waals surface area contributed by atoms with Gasteiger partial charge in [-0.2, -0.15) is 0 Å². The van der Waals surface area contributed by atoms with Gasteiger partial charge in [0.25, 0.3) is 0 Å². The quantitative estimate of drug-likeness (QED) is 0.776. The summed E-state index contributed by atoms with van der Waals surface area (Å²) in [5.74, 6) is 0.273. The Bertz CT molecular complexity index is 298. The standard InChI is InChI=1S/C13H18O/c1-10(2)13(14)11(3)9-12-7-5-4-6-8-12/h4-10,13-14H,1-3H3. The van der Waals surface area contributed by atoms with E-state index in [1.165, 1.54) is 0 Å². The number of aliphatic hydroxyl groups excluding tert-OH is 1. The number of hydrogen-bond donors (Lipinski definition) is 1. The summed E-state index contributed by atoms with van der Waals surface area (Å²) in [7, 11) is 0. The maximum Gasteiger partial charge on any atom is 0.0773 e. The van der Waals surface area contributed by atoms with Crippen LogP contribution in [-0.2, 0) is 0 Å². The molecule has 14 heavy (non-hydrogen) atoms. The monoisotopic (exact) mass is 190 g/mol. The third-order valence-electron chi connectivity index (χ3n) is 2.29. The van der Waals surface area contributed by atoms with E-state index < -0.39 is 0 Å². The minimum atomic E-state index is -0.338. The van der Waals surface area contributed by atoms with E-state index in [1.54, 1.807) is 0 Å². The molecule has 0 aliphatic rings. The fourth-order valence-electron chi connectivity index (χ4n) is 1.42. The molecular weight excluding hydrogens is 172 g/mol. The summed E-state index contributed by atoms with van der Waals surface area (Å²) >= 11 is 0. The highest BCUT2D eigenvalue weighted by Gasteiger charge is 2.10. The van der Waals surface area contributed by atoms with Crippen molar-refractivity contribution >= 4 is 6.08 Å². The lowest BCUT2D eigenvalue weighted by atomic mass is 9.98. The van der Waals surface area contributed by atoms with Gasteiger partial charge in [-0.1, -0.05) is 50.3 Å². The third kappa shape index (κ3) is 3.00. The molecule has 1 rings (SSSR count). The molecule has 0 aliphatic carbocycles. The normalized spacial score (nSPS) is 14.5. The maximum absolute atomic E-state index is 9.79. The molecular formula is C13H18O. The minimum Gasteiger partial charge on any atom is -0.388 e. The van der Waals surface area contributed by atoms with Crippen LogP contribution in [0.1, 0.15) is 26.3 Å². The first-order valence-corrected chi connectivity index (χ1v) is 5.02. The van der Waals surface area contributed by atoms with Crippen LogP contribution in [0.3, 0.4) is 0 Å². The number of aliphatic hydroxyl groups is 1. The summed E-state index contributed by atoms with van der Waals surface area (Å²) in [6.07, 6.45) is 1.69. The van der Waals surface area contributed by atoms with E-state index in [9.17, 15) is 5.11 Å². The highest BCUT2D eigenvalue weighted by molar-refractivity contribution is 5.52. The van der Waals surface area contributed by atoms with Crippen molar-refractivity contribution in [3.05, 3.63) is 41.5 Å². The molecule has 0 saturated heterocycles. The second kappa shape index (κ2) is 4.97. The Morgan fingerprint density at radius 3 is 2.29 bits per heavy atom. The average molecular weight is 190 g/mol. The summed E-state index contributed by atoms with van der Waals surface area (Å²) < 4.78 is 0. The smallest absolute Gasteiger partial charge is 0.0773 e. The van der Waals surface area contributed by atoms with Crippen molar-refractivity contribution in [1.82, 2.24) is 0 Å². The molecule has 1 atom stereocenters. The van der Waals surface area contributed by atoms with Gasteiger partial charge < -0.3 is 5.11 Å². The highest BCUT2D eigenvalue weighted by Crippen LogP contribution is 2.14. The lowest BCUT2D eigenvalue weighted by Gasteiger charge is -2.14. The largest absolute Gasteiger partial charge is 0.388 e. The lowest BCUT2D eigenvalue weighted by Crippen LogP contribution is -2.15. The predicted molar refractivity (Wildman–Crippen MR) is 60.9 cm³/mol. The summed E-state index contributed by atoms with van der Waals surface area (Å²) in [4.78, 5) is 0. The molecule has 0 amide bonds. The van der Waals surface area contributed by atoms with Crippen LogP contribution in [-0.4, -0.2) is 11.2 Å². The second-order valence-corrected chi connectivity index (χ2v) is 3.99. The van der Waals surface area contributed by atoms with Crippen molar-refractivity contribution < 1.29 is 5.11 Å². The van der Waals surface area contributed by atoms with Crippen LogP contribution < -0.4 is 0 Å². The molecule has 1 nitrogen and oxygen atoms in total. The molecule has 0 radical (unpaired) electrons. The SMILES string of the molecule is CC(=Cc1ccccc1)C(O)C(C)C. The van der Waals surface area contributed by atoms with E-state index in [-0.39, 0.29) is 12.0 Å². The first-order chi connectivity index (χ1) is 6.61. The van der Waals surface area contributed by atoms with Gasteiger partial charge in [-0.3, -0.25) is 0 Å². The molecule has 0 aliphatic heterocycles. The van der Waals surface area contributed by atoms with Crippen LogP contribution in [0.5, 0.6) is 0 Å². The zero-order valence-corrected chi connectivity index (χ0v) is 9.07. The van der Waals surface area contributed by atoms with Crippen LogP contribution in [0, 0.1) is 5.92 Å². The van der Waals surface area contributed by atoms with Crippen molar-refractivity contribution in [2.75, 3.05) is 0 Å². The van der Waals surface area contributed by atoms with Gasteiger partial charge in [0.15, 0.2) is 0 Å². The highest BCUT2D eigenvalue weighted by atomic mass is 16.3.